The molecule has 1 fully saturated rings. The maximum Gasteiger partial charge on any atom is 0.253 e. The number of tetrazole rings is 1. The van der Waals surface area contributed by atoms with Gasteiger partial charge in [0.2, 0.25) is 0 Å². The van der Waals surface area contributed by atoms with Crippen LogP contribution in [0.2, 0.25) is 0 Å². The molecule has 0 spiro atoms. The van der Waals surface area contributed by atoms with Gasteiger partial charge in [0.25, 0.3) is 5.91 Å². The van der Waals surface area contributed by atoms with Gasteiger partial charge in [-0.1, -0.05) is 12.1 Å². The molecule has 8 nitrogen and oxygen atoms in total. The van der Waals surface area contributed by atoms with Crippen LogP contribution in [0.25, 0.3) is 0 Å². The van der Waals surface area contributed by atoms with Crippen LogP contribution in [0.15, 0.2) is 54.9 Å². The van der Waals surface area contributed by atoms with Crippen molar-refractivity contribution in [1.82, 2.24) is 25.1 Å². The van der Waals surface area contributed by atoms with Crippen molar-refractivity contribution in [2.24, 2.45) is 0 Å². The lowest BCUT2D eigenvalue weighted by molar-refractivity contribution is 0.0788. The summed E-state index contributed by atoms with van der Waals surface area (Å²) in [6, 6.07) is 13.3. The molecule has 9 heteroatoms. The van der Waals surface area contributed by atoms with Crippen LogP contribution in [0, 0.1) is 5.82 Å². The van der Waals surface area contributed by atoms with E-state index >= 15 is 0 Å². The second-order valence-electron chi connectivity index (χ2n) is 7.27. The lowest BCUT2D eigenvalue weighted by Crippen LogP contribution is -2.28. The molecule has 0 saturated carbocycles. The number of carbonyl (C=O) groups excluding carboxylic acids is 1. The average molecular weight is 411 g/mol. The van der Waals surface area contributed by atoms with Crippen molar-refractivity contribution >= 4 is 5.91 Å². The number of amides is 1. The fourth-order valence-electron chi connectivity index (χ4n) is 3.53. The van der Waals surface area contributed by atoms with Gasteiger partial charge in [0, 0.05) is 24.6 Å². The van der Waals surface area contributed by atoms with E-state index in [1.54, 1.807) is 36.4 Å². The zero-order valence-corrected chi connectivity index (χ0v) is 16.3. The molecule has 2 aromatic carbocycles. The molecule has 1 N–H and O–H groups in total. The second-order valence-corrected chi connectivity index (χ2v) is 7.27. The van der Waals surface area contributed by atoms with E-state index in [9.17, 15) is 14.3 Å². The summed E-state index contributed by atoms with van der Waals surface area (Å²) >= 11 is 0. The van der Waals surface area contributed by atoms with Crippen LogP contribution in [-0.2, 0) is 6.54 Å². The minimum Gasteiger partial charge on any atom is -0.491 e. The number of carbonyl (C=O) groups is 1. The number of rotatable bonds is 7. The summed E-state index contributed by atoms with van der Waals surface area (Å²) in [7, 11) is 0. The number of benzene rings is 2. The third kappa shape index (κ3) is 4.80. The van der Waals surface area contributed by atoms with Gasteiger partial charge >= 0.3 is 0 Å². The van der Waals surface area contributed by atoms with Gasteiger partial charge in [-0.2, -0.15) is 4.80 Å². The highest BCUT2D eigenvalue weighted by Gasteiger charge is 2.28. The van der Waals surface area contributed by atoms with Crippen LogP contribution in [0.3, 0.4) is 0 Å². The summed E-state index contributed by atoms with van der Waals surface area (Å²) in [5, 5.41) is 21.1. The first-order chi connectivity index (χ1) is 14.6. The van der Waals surface area contributed by atoms with Gasteiger partial charge < -0.3 is 14.7 Å². The number of aliphatic hydroxyl groups is 1. The largest absolute Gasteiger partial charge is 0.491 e. The third-order valence-electron chi connectivity index (χ3n) is 5.13. The lowest BCUT2D eigenvalue weighted by atomic mass is 9.99. The molecule has 1 aliphatic rings. The van der Waals surface area contributed by atoms with Crippen molar-refractivity contribution in [3.05, 3.63) is 71.8 Å². The first-order valence-electron chi connectivity index (χ1n) is 9.75. The molecule has 1 amide bonds. The Morgan fingerprint density at radius 3 is 2.67 bits per heavy atom. The lowest BCUT2D eigenvalue weighted by Gasteiger charge is -2.17. The first-order valence-corrected chi connectivity index (χ1v) is 9.75. The topological polar surface area (TPSA) is 93.4 Å². The minimum absolute atomic E-state index is 0.0385. The van der Waals surface area contributed by atoms with E-state index in [1.165, 1.54) is 23.3 Å². The van der Waals surface area contributed by atoms with E-state index in [0.29, 0.717) is 24.4 Å². The SMILES string of the molecule is O=C(c1ccc(OCC(O)Cn2ncnn2)cc1)N1CC[C@@H](c2ccc(F)cc2)C1. The third-order valence-corrected chi connectivity index (χ3v) is 5.13. The van der Waals surface area contributed by atoms with Gasteiger partial charge in [0.15, 0.2) is 6.33 Å². The molecule has 0 radical (unpaired) electrons. The Morgan fingerprint density at radius 1 is 1.20 bits per heavy atom. The van der Waals surface area contributed by atoms with E-state index in [0.717, 1.165) is 12.0 Å². The molecule has 1 unspecified atom stereocenters. The van der Waals surface area contributed by atoms with Crippen molar-refractivity contribution in [3.63, 3.8) is 0 Å². The average Bonchev–Trinajstić information content (AvgIpc) is 3.45. The molecule has 0 bridgehead atoms. The molecule has 1 aliphatic heterocycles. The van der Waals surface area contributed by atoms with Crippen LogP contribution in [0.5, 0.6) is 5.75 Å². The number of aromatic nitrogens is 4. The Hall–Kier alpha value is -3.33. The summed E-state index contributed by atoms with van der Waals surface area (Å²) in [5.74, 6) is 0.485. The van der Waals surface area contributed by atoms with Gasteiger partial charge in [-0.05, 0) is 53.6 Å². The Labute approximate surface area is 172 Å². The van der Waals surface area contributed by atoms with Crippen molar-refractivity contribution in [2.45, 2.75) is 25.0 Å². The van der Waals surface area contributed by atoms with Crippen molar-refractivity contribution in [2.75, 3.05) is 19.7 Å². The molecule has 30 heavy (non-hydrogen) atoms. The molecule has 2 atom stereocenters. The molecule has 1 saturated heterocycles. The standard InChI is InChI=1S/C21H22FN5O3/c22-18-5-1-15(2-6-18)17-9-10-26(11-17)21(29)16-3-7-20(8-4-16)30-13-19(28)12-27-24-14-23-25-27/h1-8,14,17,19,28H,9-13H2/t17-,19?/m1/s1. The zero-order valence-electron chi connectivity index (χ0n) is 16.3. The van der Waals surface area contributed by atoms with Gasteiger partial charge in [0.1, 0.15) is 24.3 Å². The molecule has 3 aromatic rings. The van der Waals surface area contributed by atoms with Gasteiger partial charge in [-0.15, -0.1) is 10.2 Å². The summed E-state index contributed by atoms with van der Waals surface area (Å²) in [4.78, 5) is 15.9. The molecular formula is C21H22FN5O3. The Bertz CT molecular complexity index is 963. The maximum atomic E-state index is 13.1. The van der Waals surface area contributed by atoms with E-state index in [4.69, 9.17) is 4.74 Å². The van der Waals surface area contributed by atoms with Crippen LogP contribution in [0.4, 0.5) is 4.39 Å². The summed E-state index contributed by atoms with van der Waals surface area (Å²) in [6.45, 7) is 1.54. The van der Waals surface area contributed by atoms with Gasteiger partial charge in [-0.3, -0.25) is 4.79 Å². The summed E-state index contributed by atoms with van der Waals surface area (Å²) < 4.78 is 18.7. The predicted molar refractivity (Wildman–Crippen MR) is 105 cm³/mol. The monoisotopic (exact) mass is 411 g/mol. The number of aliphatic hydroxyl groups excluding tert-OH is 1. The van der Waals surface area contributed by atoms with Crippen molar-refractivity contribution in [1.29, 1.82) is 0 Å². The Morgan fingerprint density at radius 2 is 1.97 bits per heavy atom. The summed E-state index contributed by atoms with van der Waals surface area (Å²) in [5.41, 5.74) is 1.63. The van der Waals surface area contributed by atoms with E-state index in [1.807, 2.05) is 4.90 Å². The highest BCUT2D eigenvalue weighted by atomic mass is 19.1. The first kappa shape index (κ1) is 20.0. The molecule has 156 valence electrons. The normalized spacial score (nSPS) is 17.1. The van der Waals surface area contributed by atoms with Gasteiger partial charge in [-0.25, -0.2) is 4.39 Å². The zero-order chi connectivity index (χ0) is 20.9. The van der Waals surface area contributed by atoms with E-state index in [-0.39, 0.29) is 30.8 Å². The van der Waals surface area contributed by atoms with Crippen LogP contribution in [0.1, 0.15) is 28.3 Å². The fraction of sp³-hybridized carbons (Fsp3) is 0.333. The highest BCUT2D eigenvalue weighted by Crippen LogP contribution is 2.28. The second kappa shape index (κ2) is 9.00. The number of nitrogens with zero attached hydrogens (tertiary/aromatic N) is 5. The van der Waals surface area contributed by atoms with Crippen molar-refractivity contribution in [3.8, 4) is 5.75 Å². The fourth-order valence-corrected chi connectivity index (χ4v) is 3.53. The highest BCUT2D eigenvalue weighted by molar-refractivity contribution is 5.94. The number of halogens is 1. The number of likely N-dealkylation sites (tertiary alicyclic amines) is 1. The van der Waals surface area contributed by atoms with E-state index < -0.39 is 6.10 Å². The predicted octanol–water partition coefficient (Wildman–Crippen LogP) is 1.88. The van der Waals surface area contributed by atoms with Crippen LogP contribution < -0.4 is 4.74 Å². The van der Waals surface area contributed by atoms with Crippen molar-refractivity contribution < 1.29 is 19.0 Å². The quantitative estimate of drug-likeness (QED) is 0.638. The van der Waals surface area contributed by atoms with Crippen LogP contribution in [-0.4, -0.2) is 61.9 Å². The summed E-state index contributed by atoms with van der Waals surface area (Å²) in [6.07, 6.45) is 1.37. The van der Waals surface area contributed by atoms with E-state index in [2.05, 4.69) is 15.4 Å². The molecule has 0 aliphatic carbocycles. The minimum atomic E-state index is -0.784. The van der Waals surface area contributed by atoms with Crippen LogP contribution >= 0.6 is 0 Å². The Kier molecular flexibility index (Phi) is 5.99. The smallest absolute Gasteiger partial charge is 0.253 e. The number of hydrogen-bond acceptors (Lipinski definition) is 6. The Balaban J connectivity index is 1.29. The molecule has 2 heterocycles. The molecular weight excluding hydrogens is 389 g/mol. The number of ether oxygens (including phenoxy) is 1. The molecule has 1 aromatic heterocycles. The molecule has 4 rings (SSSR count). The maximum absolute atomic E-state index is 13.1. The van der Waals surface area contributed by atoms with Gasteiger partial charge in [0.05, 0.1) is 6.54 Å². The number of hydrogen-bond donors (Lipinski definition) is 1.